The molecule has 0 fully saturated rings. The zero-order valence-corrected chi connectivity index (χ0v) is 10.8. The Balaban J connectivity index is 1.83. The predicted octanol–water partition coefficient (Wildman–Crippen LogP) is 3.41. The maximum Gasteiger partial charge on any atom is 0.0574 e. The molecule has 0 radical (unpaired) electrons. The molecule has 0 spiro atoms. The largest absolute Gasteiger partial charge is 0.323 e. The first-order valence-corrected chi connectivity index (χ1v) is 6.49. The van der Waals surface area contributed by atoms with Crippen LogP contribution in [-0.4, -0.2) is 4.98 Å². The minimum absolute atomic E-state index is 0.0496. The Kier molecular flexibility index (Phi) is 4.48. The third-order valence-electron chi connectivity index (χ3n) is 3.11. The second kappa shape index (κ2) is 6.31. The molecule has 2 nitrogen and oxygen atoms in total. The Bertz CT molecular complexity index is 479. The topological polar surface area (TPSA) is 38.9 Å². The number of pyridine rings is 1. The van der Waals surface area contributed by atoms with E-state index >= 15 is 0 Å². The fourth-order valence-corrected chi connectivity index (χ4v) is 2.09. The van der Waals surface area contributed by atoms with E-state index in [1.807, 2.05) is 31.2 Å². The summed E-state index contributed by atoms with van der Waals surface area (Å²) in [6.07, 6.45) is 3.16. The number of nitrogens with zero attached hydrogens (tertiary/aromatic N) is 1. The third-order valence-corrected chi connectivity index (χ3v) is 3.11. The minimum Gasteiger partial charge on any atom is -0.323 e. The van der Waals surface area contributed by atoms with Gasteiger partial charge in [0.25, 0.3) is 0 Å². The van der Waals surface area contributed by atoms with Crippen molar-refractivity contribution < 1.29 is 0 Å². The highest BCUT2D eigenvalue weighted by Gasteiger charge is 2.07. The molecule has 2 rings (SSSR count). The molecule has 0 saturated carbocycles. The summed E-state index contributed by atoms with van der Waals surface area (Å²) in [6.45, 7) is 2.00. The summed E-state index contributed by atoms with van der Waals surface area (Å²) in [6, 6.07) is 16.6. The average molecular weight is 240 g/mol. The van der Waals surface area contributed by atoms with Crippen LogP contribution in [-0.2, 0) is 6.42 Å². The summed E-state index contributed by atoms with van der Waals surface area (Å²) in [5.41, 5.74) is 9.58. The van der Waals surface area contributed by atoms with Crippen LogP contribution in [0.5, 0.6) is 0 Å². The van der Waals surface area contributed by atoms with Crippen molar-refractivity contribution >= 4 is 0 Å². The van der Waals surface area contributed by atoms with Crippen molar-refractivity contribution in [3.63, 3.8) is 0 Å². The van der Waals surface area contributed by atoms with Crippen LogP contribution in [0.25, 0.3) is 0 Å². The lowest BCUT2D eigenvalue weighted by Crippen LogP contribution is -2.12. The van der Waals surface area contributed by atoms with Gasteiger partial charge in [0, 0.05) is 11.7 Å². The molecular formula is C16H20N2. The van der Waals surface area contributed by atoms with Crippen molar-refractivity contribution in [3.05, 3.63) is 65.5 Å². The number of nitrogens with two attached hydrogens (primary N) is 1. The van der Waals surface area contributed by atoms with Gasteiger partial charge in [-0.05, 0) is 43.9 Å². The van der Waals surface area contributed by atoms with E-state index in [0.29, 0.717) is 0 Å². The van der Waals surface area contributed by atoms with Crippen LogP contribution in [0.3, 0.4) is 0 Å². The normalized spacial score (nSPS) is 12.3. The third kappa shape index (κ3) is 3.67. The lowest BCUT2D eigenvalue weighted by Gasteiger charge is -2.11. The summed E-state index contributed by atoms with van der Waals surface area (Å²) in [4.78, 5) is 4.47. The lowest BCUT2D eigenvalue weighted by atomic mass is 10.0. The van der Waals surface area contributed by atoms with Gasteiger partial charge in [-0.1, -0.05) is 36.4 Å². The monoisotopic (exact) mass is 240 g/mol. The van der Waals surface area contributed by atoms with Gasteiger partial charge >= 0.3 is 0 Å². The van der Waals surface area contributed by atoms with E-state index in [1.165, 1.54) is 5.56 Å². The first-order valence-electron chi connectivity index (χ1n) is 6.49. The van der Waals surface area contributed by atoms with E-state index in [9.17, 15) is 0 Å². The maximum atomic E-state index is 6.17. The van der Waals surface area contributed by atoms with Crippen LogP contribution in [0, 0.1) is 6.92 Å². The molecule has 1 unspecified atom stereocenters. The van der Waals surface area contributed by atoms with E-state index in [1.54, 1.807) is 0 Å². The molecule has 0 saturated heterocycles. The Morgan fingerprint density at radius 3 is 2.56 bits per heavy atom. The van der Waals surface area contributed by atoms with Gasteiger partial charge in [0.05, 0.1) is 5.69 Å². The molecule has 0 aliphatic carbocycles. The summed E-state index contributed by atoms with van der Waals surface area (Å²) in [7, 11) is 0. The summed E-state index contributed by atoms with van der Waals surface area (Å²) < 4.78 is 0. The minimum atomic E-state index is 0.0496. The second-order valence-corrected chi connectivity index (χ2v) is 4.69. The predicted molar refractivity (Wildman–Crippen MR) is 75.3 cm³/mol. The number of aryl methyl sites for hydroxylation is 2. The summed E-state index contributed by atoms with van der Waals surface area (Å²) >= 11 is 0. The molecule has 2 heteroatoms. The Labute approximate surface area is 109 Å². The zero-order valence-electron chi connectivity index (χ0n) is 10.8. The van der Waals surface area contributed by atoms with Crippen LogP contribution in [0.15, 0.2) is 48.5 Å². The van der Waals surface area contributed by atoms with Crippen molar-refractivity contribution in [1.82, 2.24) is 4.98 Å². The van der Waals surface area contributed by atoms with Crippen molar-refractivity contribution in [2.24, 2.45) is 5.73 Å². The number of hydrogen-bond acceptors (Lipinski definition) is 2. The smallest absolute Gasteiger partial charge is 0.0574 e. The SMILES string of the molecule is Cc1cccc(C(N)CCCc2ccccc2)n1. The molecule has 0 aliphatic heterocycles. The van der Waals surface area contributed by atoms with E-state index in [0.717, 1.165) is 30.7 Å². The highest BCUT2D eigenvalue weighted by molar-refractivity contribution is 5.15. The Hall–Kier alpha value is -1.67. The van der Waals surface area contributed by atoms with Crippen LogP contribution in [0.4, 0.5) is 0 Å². The average Bonchev–Trinajstić information content (AvgIpc) is 2.40. The van der Waals surface area contributed by atoms with Crippen molar-refractivity contribution in [2.45, 2.75) is 32.2 Å². The molecule has 94 valence electrons. The quantitative estimate of drug-likeness (QED) is 0.869. The van der Waals surface area contributed by atoms with Crippen molar-refractivity contribution in [3.8, 4) is 0 Å². The summed E-state index contributed by atoms with van der Waals surface area (Å²) in [5, 5.41) is 0. The molecule has 1 aromatic carbocycles. The maximum absolute atomic E-state index is 6.17. The highest BCUT2D eigenvalue weighted by atomic mass is 14.8. The van der Waals surface area contributed by atoms with E-state index in [-0.39, 0.29) is 6.04 Å². The first-order chi connectivity index (χ1) is 8.75. The number of aromatic nitrogens is 1. The number of hydrogen-bond donors (Lipinski definition) is 1. The van der Waals surface area contributed by atoms with Gasteiger partial charge in [0.2, 0.25) is 0 Å². The van der Waals surface area contributed by atoms with E-state index in [4.69, 9.17) is 5.73 Å². The van der Waals surface area contributed by atoms with Crippen molar-refractivity contribution in [1.29, 1.82) is 0 Å². The van der Waals surface area contributed by atoms with Gasteiger partial charge in [0.1, 0.15) is 0 Å². The van der Waals surface area contributed by atoms with Crippen LogP contribution < -0.4 is 5.73 Å². The molecule has 2 aromatic rings. The molecule has 0 aliphatic rings. The van der Waals surface area contributed by atoms with E-state index in [2.05, 4.69) is 29.2 Å². The fourth-order valence-electron chi connectivity index (χ4n) is 2.09. The molecule has 2 N–H and O–H groups in total. The zero-order chi connectivity index (χ0) is 12.8. The molecule has 0 bridgehead atoms. The second-order valence-electron chi connectivity index (χ2n) is 4.69. The van der Waals surface area contributed by atoms with Gasteiger partial charge < -0.3 is 5.73 Å². The van der Waals surface area contributed by atoms with Gasteiger partial charge in [0.15, 0.2) is 0 Å². The Morgan fingerprint density at radius 1 is 1.06 bits per heavy atom. The molecule has 18 heavy (non-hydrogen) atoms. The highest BCUT2D eigenvalue weighted by Crippen LogP contribution is 2.15. The lowest BCUT2D eigenvalue weighted by molar-refractivity contribution is 0.596. The molecule has 1 aromatic heterocycles. The molecular weight excluding hydrogens is 220 g/mol. The van der Waals surface area contributed by atoms with Crippen LogP contribution >= 0.6 is 0 Å². The molecule has 1 heterocycles. The van der Waals surface area contributed by atoms with Gasteiger partial charge in [-0.3, -0.25) is 4.98 Å². The van der Waals surface area contributed by atoms with Gasteiger partial charge in [-0.25, -0.2) is 0 Å². The fraction of sp³-hybridized carbons (Fsp3) is 0.312. The number of benzene rings is 1. The first kappa shape index (κ1) is 12.8. The van der Waals surface area contributed by atoms with E-state index < -0.39 is 0 Å². The van der Waals surface area contributed by atoms with Crippen LogP contribution in [0.1, 0.15) is 35.8 Å². The van der Waals surface area contributed by atoms with Gasteiger partial charge in [-0.15, -0.1) is 0 Å². The molecule has 1 atom stereocenters. The summed E-state index contributed by atoms with van der Waals surface area (Å²) in [5.74, 6) is 0. The standard InChI is InChI=1S/C16H20N2/c1-13-7-5-12-16(18-13)15(17)11-6-10-14-8-3-2-4-9-14/h2-5,7-9,12,15H,6,10-11,17H2,1H3. The van der Waals surface area contributed by atoms with Crippen LogP contribution in [0.2, 0.25) is 0 Å². The number of rotatable bonds is 5. The van der Waals surface area contributed by atoms with Crippen molar-refractivity contribution in [2.75, 3.05) is 0 Å². The molecule has 0 amide bonds. The Morgan fingerprint density at radius 2 is 1.83 bits per heavy atom. The van der Waals surface area contributed by atoms with Gasteiger partial charge in [-0.2, -0.15) is 0 Å².